The van der Waals surface area contributed by atoms with Crippen LogP contribution in [0.1, 0.15) is 12.0 Å². The van der Waals surface area contributed by atoms with Crippen molar-refractivity contribution in [2.24, 2.45) is 5.10 Å². The number of nitrogens with zero attached hydrogens (tertiary/aromatic N) is 2. The first-order valence-electron chi connectivity index (χ1n) is 9.29. The minimum absolute atomic E-state index is 0.142. The van der Waals surface area contributed by atoms with Crippen LogP contribution in [0.25, 0.3) is 21.8 Å². The number of hydrogen-bond donors (Lipinski definition) is 1. The molecule has 1 amide bonds. The second kappa shape index (κ2) is 8.49. The number of benzene rings is 3. The van der Waals surface area contributed by atoms with Crippen LogP contribution in [0.5, 0.6) is 5.75 Å². The monoisotopic (exact) mass is 449 g/mol. The van der Waals surface area contributed by atoms with Crippen LogP contribution in [0.3, 0.4) is 0 Å². The summed E-state index contributed by atoms with van der Waals surface area (Å²) in [6.07, 6.45) is 1.91. The van der Waals surface area contributed by atoms with Gasteiger partial charge in [0, 0.05) is 44.8 Å². The van der Waals surface area contributed by atoms with Crippen molar-refractivity contribution in [3.63, 3.8) is 0 Å². The van der Waals surface area contributed by atoms with Crippen molar-refractivity contribution in [1.82, 2.24) is 9.99 Å². The summed E-state index contributed by atoms with van der Waals surface area (Å²) in [6.45, 7) is 0.579. The molecule has 0 atom stereocenters. The van der Waals surface area contributed by atoms with Gasteiger partial charge >= 0.3 is 0 Å². The number of methoxy groups -OCH3 is 1. The van der Waals surface area contributed by atoms with Gasteiger partial charge in [-0.15, -0.1) is 0 Å². The number of nitrogens with one attached hydrogen (secondary N) is 1. The number of rotatable bonds is 6. The minimum atomic E-state index is -0.142. The van der Waals surface area contributed by atoms with Crippen LogP contribution in [-0.4, -0.2) is 23.8 Å². The predicted molar refractivity (Wildman–Crippen MR) is 120 cm³/mol. The standard InChI is InChI=1S/C23H20BrN3O2/c1-29-22-11-10-17(24)14-16(22)15-25-26-23(28)12-13-27-20-8-4-2-6-18(20)19-7-3-5-9-21(19)27/h2-11,14-15H,12-13H2,1H3,(H,26,28)/b25-15-. The number of halogens is 1. The third-order valence-electron chi connectivity index (χ3n) is 4.83. The number of para-hydroxylation sites is 2. The fourth-order valence-corrected chi connectivity index (χ4v) is 3.87. The number of amides is 1. The predicted octanol–water partition coefficient (Wildman–Crippen LogP) is 5.11. The summed E-state index contributed by atoms with van der Waals surface area (Å²) in [5.41, 5.74) is 5.65. The third-order valence-corrected chi connectivity index (χ3v) is 5.32. The van der Waals surface area contributed by atoms with Gasteiger partial charge in [-0.05, 0) is 30.3 Å². The Labute approximate surface area is 177 Å². The molecular weight excluding hydrogens is 430 g/mol. The van der Waals surface area contributed by atoms with Crippen molar-refractivity contribution in [2.75, 3.05) is 7.11 Å². The molecule has 4 aromatic rings. The number of hydrazone groups is 1. The fraction of sp³-hybridized carbons (Fsp3) is 0.130. The average molecular weight is 450 g/mol. The molecule has 0 radical (unpaired) electrons. The zero-order chi connectivity index (χ0) is 20.2. The maximum atomic E-state index is 12.3. The summed E-state index contributed by atoms with van der Waals surface area (Å²) in [4.78, 5) is 12.3. The molecule has 0 saturated heterocycles. The first-order valence-corrected chi connectivity index (χ1v) is 10.1. The quantitative estimate of drug-likeness (QED) is 0.328. The molecule has 3 aromatic carbocycles. The molecule has 0 aliphatic heterocycles. The van der Waals surface area contributed by atoms with Gasteiger partial charge in [0.1, 0.15) is 5.75 Å². The van der Waals surface area contributed by atoms with Crippen LogP contribution in [-0.2, 0) is 11.3 Å². The molecule has 1 aromatic heterocycles. The lowest BCUT2D eigenvalue weighted by molar-refractivity contribution is -0.121. The highest BCUT2D eigenvalue weighted by molar-refractivity contribution is 9.10. The van der Waals surface area contributed by atoms with Crippen LogP contribution < -0.4 is 10.2 Å². The maximum Gasteiger partial charge on any atom is 0.241 e. The van der Waals surface area contributed by atoms with Crippen molar-refractivity contribution in [2.45, 2.75) is 13.0 Å². The summed E-state index contributed by atoms with van der Waals surface area (Å²) < 4.78 is 8.41. The molecule has 0 aliphatic rings. The topological polar surface area (TPSA) is 55.6 Å². The molecule has 0 fully saturated rings. The number of carbonyl (C=O) groups is 1. The number of aryl methyl sites for hydroxylation is 1. The summed E-state index contributed by atoms with van der Waals surface area (Å²) in [7, 11) is 1.60. The molecule has 1 N–H and O–H groups in total. The molecule has 0 unspecified atom stereocenters. The zero-order valence-corrected chi connectivity index (χ0v) is 17.5. The van der Waals surface area contributed by atoms with E-state index in [1.54, 1.807) is 13.3 Å². The summed E-state index contributed by atoms with van der Waals surface area (Å²) in [6, 6.07) is 22.1. The third kappa shape index (κ3) is 4.03. The number of aromatic nitrogens is 1. The van der Waals surface area contributed by atoms with E-state index >= 15 is 0 Å². The maximum absolute atomic E-state index is 12.3. The molecule has 0 spiro atoms. The van der Waals surface area contributed by atoms with E-state index in [9.17, 15) is 4.79 Å². The largest absolute Gasteiger partial charge is 0.496 e. The van der Waals surface area contributed by atoms with Crippen molar-refractivity contribution in [3.05, 3.63) is 76.8 Å². The SMILES string of the molecule is COc1ccc(Br)cc1/C=N\NC(=O)CCn1c2ccccc2c2ccccc21. The molecule has 29 heavy (non-hydrogen) atoms. The zero-order valence-electron chi connectivity index (χ0n) is 15.9. The van der Waals surface area contributed by atoms with E-state index < -0.39 is 0 Å². The molecule has 0 bridgehead atoms. The lowest BCUT2D eigenvalue weighted by atomic mass is 10.2. The Kier molecular flexibility index (Phi) is 5.62. The van der Waals surface area contributed by atoms with Crippen LogP contribution in [0.4, 0.5) is 0 Å². The lowest BCUT2D eigenvalue weighted by Crippen LogP contribution is -2.19. The number of fused-ring (bicyclic) bond motifs is 3. The molecule has 5 nitrogen and oxygen atoms in total. The molecule has 1 heterocycles. The van der Waals surface area contributed by atoms with E-state index in [0.29, 0.717) is 18.7 Å². The van der Waals surface area contributed by atoms with Crippen LogP contribution in [0, 0.1) is 0 Å². The lowest BCUT2D eigenvalue weighted by Gasteiger charge is -2.07. The van der Waals surface area contributed by atoms with Gasteiger partial charge in [0.15, 0.2) is 0 Å². The van der Waals surface area contributed by atoms with Crippen molar-refractivity contribution >= 4 is 49.9 Å². The van der Waals surface area contributed by atoms with E-state index in [2.05, 4.69) is 55.3 Å². The van der Waals surface area contributed by atoms with Crippen LogP contribution in [0.15, 0.2) is 76.3 Å². The first-order chi connectivity index (χ1) is 14.2. The van der Waals surface area contributed by atoms with Gasteiger partial charge in [0.05, 0.1) is 13.3 Å². The summed E-state index contributed by atoms with van der Waals surface area (Å²) >= 11 is 3.43. The molecule has 146 valence electrons. The van der Waals surface area contributed by atoms with E-state index in [4.69, 9.17) is 4.74 Å². The minimum Gasteiger partial charge on any atom is -0.496 e. The second-order valence-corrected chi connectivity index (χ2v) is 7.53. The Balaban J connectivity index is 1.47. The van der Waals surface area contributed by atoms with Gasteiger partial charge in [-0.25, -0.2) is 5.43 Å². The molecular formula is C23H20BrN3O2. The fourth-order valence-electron chi connectivity index (χ4n) is 3.49. The smallest absolute Gasteiger partial charge is 0.241 e. The molecule has 6 heteroatoms. The Morgan fingerprint density at radius 1 is 1.07 bits per heavy atom. The molecule has 0 saturated carbocycles. The van der Waals surface area contributed by atoms with E-state index in [1.165, 1.54) is 10.8 Å². The van der Waals surface area contributed by atoms with Crippen LogP contribution >= 0.6 is 15.9 Å². The number of carbonyl (C=O) groups excluding carboxylic acids is 1. The number of hydrogen-bond acceptors (Lipinski definition) is 3. The Morgan fingerprint density at radius 2 is 1.72 bits per heavy atom. The van der Waals surface area contributed by atoms with Gasteiger partial charge < -0.3 is 9.30 Å². The number of ether oxygens (including phenoxy) is 1. The average Bonchev–Trinajstić information content (AvgIpc) is 3.06. The highest BCUT2D eigenvalue weighted by Crippen LogP contribution is 2.28. The van der Waals surface area contributed by atoms with Gasteiger partial charge in [0.25, 0.3) is 0 Å². The van der Waals surface area contributed by atoms with Crippen molar-refractivity contribution < 1.29 is 9.53 Å². The van der Waals surface area contributed by atoms with E-state index in [0.717, 1.165) is 21.1 Å². The van der Waals surface area contributed by atoms with E-state index in [1.807, 2.05) is 42.5 Å². The van der Waals surface area contributed by atoms with Gasteiger partial charge in [-0.3, -0.25) is 4.79 Å². The van der Waals surface area contributed by atoms with Gasteiger partial charge in [0.2, 0.25) is 5.91 Å². The highest BCUT2D eigenvalue weighted by Gasteiger charge is 2.10. The normalized spacial score (nSPS) is 11.4. The first kappa shape index (κ1) is 19.2. The van der Waals surface area contributed by atoms with Crippen molar-refractivity contribution in [1.29, 1.82) is 0 Å². The molecule has 4 rings (SSSR count). The second-order valence-electron chi connectivity index (χ2n) is 6.62. The Morgan fingerprint density at radius 3 is 2.38 bits per heavy atom. The summed E-state index contributed by atoms with van der Waals surface area (Å²) in [5, 5.41) is 6.48. The van der Waals surface area contributed by atoms with Crippen LogP contribution in [0.2, 0.25) is 0 Å². The van der Waals surface area contributed by atoms with Crippen molar-refractivity contribution in [3.8, 4) is 5.75 Å². The summed E-state index contributed by atoms with van der Waals surface area (Å²) in [5.74, 6) is 0.550. The highest BCUT2D eigenvalue weighted by atomic mass is 79.9. The van der Waals surface area contributed by atoms with E-state index in [-0.39, 0.29) is 5.91 Å². The van der Waals surface area contributed by atoms with Gasteiger partial charge in [-0.1, -0.05) is 52.3 Å². The molecule has 0 aliphatic carbocycles. The Hall–Kier alpha value is -3.12. The Bertz CT molecular complexity index is 1160. The van der Waals surface area contributed by atoms with Gasteiger partial charge in [-0.2, -0.15) is 5.10 Å².